The zero-order valence-corrected chi connectivity index (χ0v) is 90.5. The molecule has 10 unspecified atom stereocenters. The number of hydrogen-bond donors (Lipinski definition) is 14. The van der Waals surface area contributed by atoms with E-state index in [0.717, 1.165) is 205 Å². The number of carboxylic acid groups (broad SMARTS) is 1. The van der Waals surface area contributed by atoms with Gasteiger partial charge < -0.3 is 90.0 Å². The zero-order valence-electron chi connectivity index (χ0n) is 86.5. The molecule has 812 valence electrons. The number of carbonyl (C=O) groups is 10. The van der Waals surface area contributed by atoms with Crippen molar-refractivity contribution in [1.29, 1.82) is 0 Å². The van der Waals surface area contributed by atoms with Gasteiger partial charge in [-0.3, -0.25) is 72.2 Å². The van der Waals surface area contributed by atoms with Gasteiger partial charge in [0.25, 0.3) is 5.91 Å². The van der Waals surface area contributed by atoms with E-state index in [-0.39, 0.29) is 135 Å². The minimum Gasteiger partial charge on any atom is -0.480 e. The summed E-state index contributed by atoms with van der Waals surface area (Å²) in [6, 6.07) is -2.57. The second-order valence-electron chi connectivity index (χ2n) is 55.9. The van der Waals surface area contributed by atoms with Crippen LogP contribution in [0.4, 0.5) is 4.79 Å². The number of aliphatic hydroxyl groups is 5. The third kappa shape index (κ3) is 22.8. The first-order valence-corrected chi connectivity index (χ1v) is 58.8. The van der Waals surface area contributed by atoms with Gasteiger partial charge in [-0.05, 0) is 402 Å². The second-order valence-corrected chi connectivity index (χ2v) is 62.5. The van der Waals surface area contributed by atoms with E-state index < -0.39 is 104 Å². The van der Waals surface area contributed by atoms with E-state index in [9.17, 15) is 83.1 Å². The third-order valence-electron chi connectivity index (χ3n) is 39.8. The average Bonchev–Trinajstić information content (AvgIpc) is 1.15. The quantitative estimate of drug-likeness (QED) is 0.0475. The molecule has 30 atom stereocenters. The number of piperidine rings is 5. The Balaban J connectivity index is 0.000000121. The number of likely N-dealkylation sites (tertiary alicyclic amines) is 4. The van der Waals surface area contributed by atoms with Crippen LogP contribution in [0.1, 0.15) is 332 Å². The number of nitrogens with one attached hydrogen (secondary N) is 4. The van der Waals surface area contributed by atoms with Crippen LogP contribution in [-0.4, -0.2) is 240 Å². The Bertz CT molecular complexity index is 5090. The maximum Gasteiger partial charge on any atom is 0.408 e. The number of hydrogen-bond acceptors (Lipinski definition) is 20. The normalized spacial score (nSPS) is 44.8. The number of nitrogens with zero attached hydrogens (tertiary/aromatic N) is 7. The van der Waals surface area contributed by atoms with Crippen LogP contribution < -0.4 is 44.2 Å². The molecule has 146 heavy (non-hydrogen) atoms. The summed E-state index contributed by atoms with van der Waals surface area (Å²) in [6.45, 7) is 39.7. The van der Waals surface area contributed by atoms with Gasteiger partial charge in [-0.2, -0.15) is 0 Å². The molecule has 39 heteroatoms. The summed E-state index contributed by atoms with van der Waals surface area (Å²) in [6.07, 6.45) is 34.4. The van der Waals surface area contributed by atoms with Gasteiger partial charge in [0.2, 0.25) is 41.4 Å². The lowest BCUT2D eigenvalue weighted by Gasteiger charge is -2.62. The first-order chi connectivity index (χ1) is 67.0. The molecule has 5 heterocycles. The summed E-state index contributed by atoms with van der Waals surface area (Å²) in [5.74, 6) is 5.04. The van der Waals surface area contributed by atoms with Crippen LogP contribution in [0.2, 0.25) is 0 Å². The molecular weight excluding hydrogens is 1970 g/mol. The van der Waals surface area contributed by atoms with Gasteiger partial charge in [0.1, 0.15) is 29.8 Å². The van der Waals surface area contributed by atoms with Crippen molar-refractivity contribution in [3.05, 3.63) is 34.3 Å². The Labute approximate surface area is 879 Å². The Kier molecular flexibility index (Phi) is 29.8. The summed E-state index contributed by atoms with van der Waals surface area (Å²) in [5, 5.41) is 73.6. The van der Waals surface area contributed by atoms with Crippen LogP contribution in [0.3, 0.4) is 0 Å². The highest BCUT2D eigenvalue weighted by Gasteiger charge is 2.72. The van der Waals surface area contributed by atoms with Crippen LogP contribution >= 0.6 is 51.3 Å². The zero-order chi connectivity index (χ0) is 104. The molecular formula is C107H162Cl4N15O19P. The minimum atomic E-state index is -3.22. The fraction of sp³-hybridized carbons (Fsp3) is 0.879. The van der Waals surface area contributed by atoms with Crippen LogP contribution in [-0.2, 0) is 52.5 Å². The molecule has 0 aromatic rings. The Morgan fingerprint density at radius 1 is 0.397 bits per heavy atom. The van der Waals surface area contributed by atoms with E-state index >= 15 is 0 Å². The molecule has 25 saturated carbocycles. The van der Waals surface area contributed by atoms with E-state index in [4.69, 9.17) is 47.4 Å². The van der Waals surface area contributed by atoms with Crippen molar-refractivity contribution in [2.75, 3.05) is 0 Å². The minimum absolute atomic E-state index is 0. The van der Waals surface area contributed by atoms with Crippen LogP contribution in [0, 0.1) is 146 Å². The van der Waals surface area contributed by atoms with Gasteiger partial charge in [0, 0.05) is 78.6 Å². The van der Waals surface area contributed by atoms with Crippen LogP contribution in [0.5, 0.6) is 0 Å². The molecule has 20 N–H and O–H groups in total. The van der Waals surface area contributed by atoms with Gasteiger partial charge in [-0.15, -0.1) is 12.4 Å². The number of halogens is 4. The monoisotopic (exact) mass is 2130 g/mol. The second kappa shape index (κ2) is 39.2. The van der Waals surface area contributed by atoms with Crippen molar-refractivity contribution >= 4 is 111 Å². The molecule has 0 aromatic carbocycles. The predicted molar refractivity (Wildman–Crippen MR) is 545 cm³/mol. The summed E-state index contributed by atoms with van der Waals surface area (Å²) in [4.78, 5) is 145. The molecule has 30 fully saturated rings. The molecule has 30 aliphatic rings. The Hall–Kier alpha value is -6.00. The number of nitrogens with two attached hydrogens (primary N) is 4. The average molecular weight is 2140 g/mol. The van der Waals surface area contributed by atoms with Crippen molar-refractivity contribution < 1.29 is 93.4 Å². The van der Waals surface area contributed by atoms with Crippen LogP contribution in [0.15, 0.2) is 0 Å². The third-order valence-corrected chi connectivity index (χ3v) is 39.8. The molecule has 0 aromatic heterocycles. The predicted octanol–water partition coefficient (Wildman–Crippen LogP) is 11.8. The van der Waals surface area contributed by atoms with Crippen molar-refractivity contribution in [2.45, 2.75) is 457 Å². The van der Waals surface area contributed by atoms with Gasteiger partial charge in [-0.25, -0.2) is 29.3 Å². The fourth-order valence-electron chi connectivity index (χ4n) is 36.7. The summed E-state index contributed by atoms with van der Waals surface area (Å²) in [7, 11) is 0. The van der Waals surface area contributed by atoms with Crippen LogP contribution in [0.25, 0.3) is 14.5 Å². The van der Waals surface area contributed by atoms with Crippen molar-refractivity contribution in [3.8, 4) is 0 Å². The van der Waals surface area contributed by atoms with Crippen molar-refractivity contribution in [2.24, 2.45) is 150 Å². The van der Waals surface area contributed by atoms with E-state index in [1.54, 1.807) is 25.7 Å². The smallest absolute Gasteiger partial charge is 0.408 e. The standard InChI is InChI=1S/C24H37N3O4.C24H35N3O3.2C18H25N3O2.C17H27NO5.C6H10N2O.Cl3OP.ClH.H2O/c1-22(2,3)11-18(28)26-19(21(30)27-16-5-15(16)6-17(27)20(25)29)23-7-13-4-14(8-23)10-24(31,9-13)12-23;1-22(2,3)12-19(28)26-20(21(29)27-17-6-16(17)7-18(27)25-4)23-8-14-5-15(9-23)11-24(30,10-14)13-23;2*1-20-14-4-12-3-13(12)21(14)16(22)15(19)17-5-10-2-11(6-17)8-18(23,7-10)9-17;1-15(2,3)23-14(21)18-12(13(19)20)16-5-10-4-11(6-16)8-17(22,7-10)9-16;7-6(9)5-2-3-1-4(3)8-5;1-5(2,3)4;;/h13-17,19,31H,4-12H2,1-3H3,(H2,25,29)(H,26,28);14-18,20,30H,5-13H2,1-3H3,(H,26,28);2*10-15,23H,2-9,19H2;10-12,22H,4-9H2,1-3H3,(H,18,21)(H,19,20);3-5,8H,1-2H2,(H2,7,9);;1H;1H2/t13?,14?,15-,16-,17-,19+,23?,24?;14?,15?,16-,17-,18-,20+,23?,24?;2*10?,11?,12-,13-,14-,15+,17?,18?;10?,11?,12-,16?,17?;3-,4-,5-;;;/m000010.../s1. The number of carbonyl (C=O) groups excluding carboxylic acids is 9. The highest BCUT2D eigenvalue weighted by Crippen LogP contribution is 2.70. The lowest BCUT2D eigenvalue weighted by Crippen LogP contribution is -2.67. The highest BCUT2D eigenvalue weighted by atomic mass is 36.0. The lowest BCUT2D eigenvalue weighted by atomic mass is 9.46. The first-order valence-electron chi connectivity index (χ1n) is 54.4. The molecule has 9 amide bonds. The summed E-state index contributed by atoms with van der Waals surface area (Å²) in [5.41, 5.74) is 17.6. The molecule has 25 aliphatic carbocycles. The van der Waals surface area contributed by atoms with Crippen molar-refractivity contribution in [3.63, 3.8) is 0 Å². The number of ether oxygens (including phenoxy) is 1. The lowest BCUT2D eigenvalue weighted by molar-refractivity contribution is -0.183. The molecule has 20 bridgehead atoms. The van der Waals surface area contributed by atoms with Gasteiger partial charge in [0.15, 0.2) is 0 Å². The molecule has 0 spiro atoms. The number of carboxylic acids is 1. The molecule has 5 aliphatic heterocycles. The Morgan fingerprint density at radius 3 is 0.925 bits per heavy atom. The summed E-state index contributed by atoms with van der Waals surface area (Å²) >= 11 is 13.8. The molecule has 5 saturated heterocycles. The molecule has 30 rings (SSSR count). The number of alkyl carbamates (subject to hydrolysis) is 1. The van der Waals surface area contributed by atoms with Gasteiger partial charge in [-0.1, -0.05) is 41.5 Å². The van der Waals surface area contributed by atoms with E-state index in [0.29, 0.717) is 140 Å². The topological polar surface area (TPSA) is 528 Å². The molecule has 34 nitrogen and oxygen atoms in total. The van der Waals surface area contributed by atoms with Gasteiger partial charge in [0.05, 0.1) is 46.1 Å². The van der Waals surface area contributed by atoms with Crippen molar-refractivity contribution in [1.82, 2.24) is 40.9 Å². The summed E-state index contributed by atoms with van der Waals surface area (Å²) < 4.78 is 14.7. The molecule has 0 radical (unpaired) electrons. The maximum atomic E-state index is 14.0. The maximum absolute atomic E-state index is 14.0. The first kappa shape index (κ1) is 111. The Morgan fingerprint density at radius 2 is 0.671 bits per heavy atom. The highest BCUT2D eigenvalue weighted by molar-refractivity contribution is 8.24. The van der Waals surface area contributed by atoms with E-state index in [2.05, 4.69) is 69.5 Å². The van der Waals surface area contributed by atoms with Gasteiger partial charge >= 0.3 is 35.8 Å². The number of fused-ring (bicyclic) bond motifs is 5. The largest absolute Gasteiger partial charge is 0.480 e. The van der Waals surface area contributed by atoms with E-state index in [1.165, 1.54) is 19.3 Å². The SMILES string of the molecule is CC(C)(C)CC(=O)N[C@H](C(=O)N1[C@H](C(N)=O)C[C@@H]2C[C@@H]21)C12CC3CC(CC(O)(C3)C1)C2.CC(C)(C)OC(=O)N[C@H](C(=O)O)C12CC3CC(CC(O)(C3)C1)C2.Cl.NC(=O)[C@@H]1C[C@@H]2C[C@@H]2N1.O.O=P(Cl)(Cl)Cl.[C-]#[N+][C@@H]1C[C@@H]2C[C@@H]2N1C(=O)[C@@H](N)C12CC3CC(CC(O)(C3)C1)C2.[C-]#[N+][C@@H]1C[C@@H]2C[C@@H]2N1C(=O)[C@@H](N)C12CC3CC(CC(O)(C3)C1)C2.[C-]#[N+][C@@H]1C[C@@H]2C[C@@H]2N1C(=O)[C@@H](NC(=O)CC(C)(C)C)C12CC3CC(CC(O)(C3)C1)C2. The number of rotatable bonds is 17. The number of aliphatic carboxylic acids is 1. The number of primary amides is 2. The fourth-order valence-corrected chi connectivity index (χ4v) is 36.7. The van der Waals surface area contributed by atoms with E-state index in [1.807, 2.05) is 56.2 Å². The number of amides is 9.